The lowest BCUT2D eigenvalue weighted by Crippen LogP contribution is -2.61. The Morgan fingerprint density at radius 2 is 1.93 bits per heavy atom. The van der Waals surface area contributed by atoms with Gasteiger partial charge in [-0.3, -0.25) is 4.79 Å². The van der Waals surface area contributed by atoms with Gasteiger partial charge < -0.3 is 19.2 Å². The van der Waals surface area contributed by atoms with Crippen LogP contribution in [0.1, 0.15) is 86.6 Å². The molecular weight excluding hydrogens is 600 g/mol. The quantitative estimate of drug-likeness (QED) is 0.268. The van der Waals surface area contributed by atoms with Crippen molar-refractivity contribution in [2.24, 2.45) is 5.41 Å². The average Bonchev–Trinajstić information content (AvgIpc) is 3.47. The molecule has 232 valence electrons. The summed E-state index contributed by atoms with van der Waals surface area (Å²) in [5.74, 6) is 0.743. The molecule has 0 spiro atoms. The lowest BCUT2D eigenvalue weighted by atomic mass is 9.59. The van der Waals surface area contributed by atoms with Crippen molar-refractivity contribution in [2.45, 2.75) is 75.9 Å². The number of benzene rings is 2. The average molecular weight is 632 g/mol. The number of fused-ring (bicyclic) bond motifs is 9. The lowest BCUT2D eigenvalue weighted by molar-refractivity contribution is -0.0507. The second-order valence-corrected chi connectivity index (χ2v) is 15.3. The van der Waals surface area contributed by atoms with E-state index in [-0.39, 0.29) is 11.7 Å². The Bertz CT molecular complexity index is 1880. The van der Waals surface area contributed by atoms with Crippen LogP contribution in [-0.2, 0) is 16.9 Å². The normalized spacial score (nSPS) is 26.0. The zero-order valence-electron chi connectivity index (χ0n) is 25.1. The molecule has 1 amide bonds. The zero-order valence-corrected chi connectivity index (χ0v) is 25.9. The lowest BCUT2D eigenvalue weighted by Gasteiger charge is -2.50. The van der Waals surface area contributed by atoms with Crippen molar-refractivity contribution in [3.63, 3.8) is 0 Å². The summed E-state index contributed by atoms with van der Waals surface area (Å²) < 4.78 is 49.4. The van der Waals surface area contributed by atoms with Gasteiger partial charge >= 0.3 is 6.61 Å². The number of nitrogens with one attached hydrogen (secondary N) is 2. The number of nitrogens with zero attached hydrogens (tertiary/aromatic N) is 5. The molecule has 2 aromatic carbocycles. The summed E-state index contributed by atoms with van der Waals surface area (Å²) in [6.07, 6.45) is 4.75. The fourth-order valence-corrected chi connectivity index (χ4v) is 7.78. The largest absolute Gasteiger partial charge is 0.598 e. The molecule has 0 radical (unpaired) electrons. The monoisotopic (exact) mass is 631 g/mol. The maximum absolute atomic E-state index is 13.4. The third-order valence-electron chi connectivity index (χ3n) is 8.88. The number of carbonyl (C=O) groups excluding carboxylic acids is 1. The van der Waals surface area contributed by atoms with Crippen LogP contribution in [0.2, 0.25) is 0 Å². The third-order valence-corrected chi connectivity index (χ3v) is 10.6. The van der Waals surface area contributed by atoms with Gasteiger partial charge in [-0.2, -0.15) is 14.0 Å². The number of hydrogen-bond acceptors (Lipinski definition) is 8. The number of nitriles is 1. The van der Waals surface area contributed by atoms with Crippen LogP contribution in [0.4, 0.5) is 8.78 Å². The van der Waals surface area contributed by atoms with Crippen LogP contribution >= 0.6 is 0 Å². The molecule has 3 atom stereocenters. The fourth-order valence-electron chi connectivity index (χ4n) is 6.88. The maximum Gasteiger partial charge on any atom is 0.387 e. The minimum absolute atomic E-state index is 0.0310. The fraction of sp³-hybridized carbons (Fsp3) is 0.406. The van der Waals surface area contributed by atoms with E-state index in [0.717, 1.165) is 16.6 Å². The number of ether oxygens (including phenoxy) is 1. The van der Waals surface area contributed by atoms with E-state index < -0.39 is 45.8 Å². The van der Waals surface area contributed by atoms with Crippen molar-refractivity contribution < 1.29 is 22.9 Å². The Hall–Kier alpha value is -4.12. The van der Waals surface area contributed by atoms with E-state index in [1.54, 1.807) is 18.5 Å². The third kappa shape index (κ3) is 4.83. The van der Waals surface area contributed by atoms with Gasteiger partial charge in [-0.1, -0.05) is 12.1 Å². The highest BCUT2D eigenvalue weighted by Gasteiger charge is 2.58. The minimum Gasteiger partial charge on any atom is -0.598 e. The highest BCUT2D eigenvalue weighted by Crippen LogP contribution is 2.53. The van der Waals surface area contributed by atoms with E-state index in [2.05, 4.69) is 16.1 Å². The molecule has 13 heteroatoms. The van der Waals surface area contributed by atoms with Crippen LogP contribution in [0.15, 0.2) is 48.8 Å². The molecule has 7 rings (SSSR count). The van der Waals surface area contributed by atoms with Gasteiger partial charge in [-0.05, 0) is 76.8 Å². The van der Waals surface area contributed by atoms with Gasteiger partial charge in [-0.25, -0.2) is 15.0 Å². The van der Waals surface area contributed by atoms with Crippen LogP contribution < -0.4 is 14.8 Å². The van der Waals surface area contributed by atoms with Crippen LogP contribution in [0, 0.1) is 16.7 Å². The Morgan fingerprint density at radius 1 is 1.20 bits per heavy atom. The van der Waals surface area contributed by atoms with E-state index in [4.69, 9.17) is 19.7 Å². The van der Waals surface area contributed by atoms with Crippen molar-refractivity contribution in [3.8, 4) is 22.9 Å². The predicted molar refractivity (Wildman–Crippen MR) is 162 cm³/mol. The zero-order chi connectivity index (χ0) is 31.9. The van der Waals surface area contributed by atoms with Crippen molar-refractivity contribution >= 4 is 28.3 Å². The molecule has 3 aliphatic rings. The summed E-state index contributed by atoms with van der Waals surface area (Å²) in [5.41, 5.74) is 2.37. The number of imidazole rings is 1. The van der Waals surface area contributed by atoms with Gasteiger partial charge in [0.1, 0.15) is 21.9 Å². The summed E-state index contributed by atoms with van der Waals surface area (Å²) in [6.45, 7) is 4.49. The number of rotatable bonds is 6. The summed E-state index contributed by atoms with van der Waals surface area (Å²) in [5, 5.41) is 12.7. The summed E-state index contributed by atoms with van der Waals surface area (Å²) >= 11 is -1.40. The first kappa shape index (κ1) is 29.6. The number of hydrogen-bond donors (Lipinski definition) is 2. The smallest absolute Gasteiger partial charge is 0.387 e. The number of halogens is 2. The molecule has 1 unspecified atom stereocenters. The van der Waals surface area contributed by atoms with E-state index in [9.17, 15) is 23.4 Å². The highest BCUT2D eigenvalue weighted by atomic mass is 32.2. The minimum atomic E-state index is -3.04. The first-order valence-electron chi connectivity index (χ1n) is 14.7. The van der Waals surface area contributed by atoms with Gasteiger partial charge in [0.05, 0.1) is 34.6 Å². The Balaban J connectivity index is 1.26. The molecule has 2 aromatic heterocycles. The summed E-state index contributed by atoms with van der Waals surface area (Å²) in [6, 6.07) is 11.9. The Morgan fingerprint density at radius 3 is 2.60 bits per heavy atom. The molecular formula is C32H31F2N7O3S. The van der Waals surface area contributed by atoms with Crippen LogP contribution in [0.25, 0.3) is 22.2 Å². The summed E-state index contributed by atoms with van der Waals surface area (Å²) in [7, 11) is 0. The van der Waals surface area contributed by atoms with E-state index in [0.29, 0.717) is 47.6 Å². The molecule has 4 heterocycles. The Labute approximate surface area is 261 Å². The van der Waals surface area contributed by atoms with Gasteiger partial charge in [0.25, 0.3) is 5.91 Å². The molecule has 1 fully saturated rings. The second-order valence-electron chi connectivity index (χ2n) is 13.3. The summed E-state index contributed by atoms with van der Waals surface area (Å²) in [4.78, 5) is 27.2. The molecule has 45 heavy (non-hydrogen) atoms. The van der Waals surface area contributed by atoms with Gasteiger partial charge in [0, 0.05) is 40.4 Å². The van der Waals surface area contributed by atoms with Crippen molar-refractivity contribution in [2.75, 3.05) is 0 Å². The molecule has 1 saturated carbocycles. The maximum atomic E-state index is 13.4. The van der Waals surface area contributed by atoms with Gasteiger partial charge in [0.15, 0.2) is 5.82 Å². The molecule has 4 aromatic rings. The van der Waals surface area contributed by atoms with Crippen LogP contribution in [0.5, 0.6) is 5.75 Å². The Kier molecular flexibility index (Phi) is 6.71. The number of carbonyl (C=O) groups is 1. The number of amides is 1. The second kappa shape index (κ2) is 10.2. The van der Waals surface area contributed by atoms with Crippen molar-refractivity contribution in [1.82, 2.24) is 29.6 Å². The molecule has 2 bridgehead atoms. The highest BCUT2D eigenvalue weighted by molar-refractivity contribution is 7.90. The SMILES string of the molecule is CC1(C#N)CC(N[S+]([O-])C(C)(C)C)(c2ncc(-c3ccc4nc5n(c4c3)[C@@H]3C[C@H]5NC(=O)c4cccc(OC(F)F)c43)cn2)C1. The molecule has 2 N–H and O–H groups in total. The topological polar surface area (TPSA) is 141 Å². The van der Waals surface area contributed by atoms with Gasteiger partial charge in [-0.15, -0.1) is 4.72 Å². The number of alkyl halides is 2. The van der Waals surface area contributed by atoms with Gasteiger partial charge in [0.2, 0.25) is 0 Å². The first-order chi connectivity index (χ1) is 21.3. The number of aromatic nitrogens is 4. The van der Waals surface area contributed by atoms with Crippen LogP contribution in [-0.4, -0.2) is 41.3 Å². The predicted octanol–water partition coefficient (Wildman–Crippen LogP) is 5.44. The van der Waals surface area contributed by atoms with E-state index >= 15 is 0 Å². The van der Waals surface area contributed by atoms with Crippen LogP contribution in [0.3, 0.4) is 0 Å². The molecule has 10 nitrogen and oxygen atoms in total. The molecule has 1 aliphatic carbocycles. The van der Waals surface area contributed by atoms with E-state index in [1.807, 2.05) is 50.5 Å². The van der Waals surface area contributed by atoms with E-state index in [1.165, 1.54) is 12.1 Å². The standard InChI is InChI=1S/C32H31F2N7O3S/c1-30(2,3)45(43)40-32(14-31(4,15-32)16-35)28-36-12-18(13-37-28)17-8-9-20-22(10-17)41-23-11-21(26(41)38-20)39-27(42)19-6-5-7-24(25(19)23)44-29(33)34/h5-10,12-13,21,23,29,40H,11,14-15H2,1-4H3,(H,39,42)/t21-,23-,31?,32?,45?/m1/s1. The first-order valence-corrected chi connectivity index (χ1v) is 15.8. The molecule has 2 aliphatic heterocycles. The molecule has 0 saturated heterocycles. The van der Waals surface area contributed by atoms with Crippen molar-refractivity contribution in [1.29, 1.82) is 5.26 Å². The van der Waals surface area contributed by atoms with Crippen molar-refractivity contribution in [3.05, 3.63) is 71.6 Å².